The number of piperazine rings is 1. The minimum Gasteiger partial charge on any atom is -0.383 e. The van der Waals surface area contributed by atoms with E-state index < -0.39 is 0 Å². The molecule has 2 amide bonds. The Hall–Kier alpha value is -1.18. The number of hydrogen-bond acceptors (Lipinski definition) is 5. The van der Waals surface area contributed by atoms with E-state index in [-0.39, 0.29) is 17.9 Å². The number of carbonyl (C=O) groups is 2. The van der Waals surface area contributed by atoms with Crippen molar-refractivity contribution >= 4 is 11.8 Å². The van der Waals surface area contributed by atoms with Crippen LogP contribution in [-0.4, -0.2) is 87.2 Å². The molecule has 1 heterocycles. The van der Waals surface area contributed by atoms with E-state index in [1.807, 2.05) is 13.8 Å². The summed E-state index contributed by atoms with van der Waals surface area (Å²) in [5, 5.41) is 5.75. The van der Waals surface area contributed by atoms with Gasteiger partial charge in [-0.05, 0) is 13.3 Å². The number of hydrogen-bond donors (Lipinski definition) is 2. The van der Waals surface area contributed by atoms with Crippen LogP contribution >= 0.6 is 0 Å². The van der Waals surface area contributed by atoms with Crippen molar-refractivity contribution < 1.29 is 14.3 Å². The Morgan fingerprint density at radius 1 is 1.14 bits per heavy atom. The largest absolute Gasteiger partial charge is 0.383 e. The fraction of sp³-hybridized carbons (Fsp3) is 0.867. The zero-order valence-corrected chi connectivity index (χ0v) is 14.1. The van der Waals surface area contributed by atoms with Crippen LogP contribution in [0.15, 0.2) is 0 Å². The SMILES string of the molecule is CCCNC(=O)C(C)N1CCN(CC(=O)NCCOC)CC1. The van der Waals surface area contributed by atoms with Gasteiger partial charge >= 0.3 is 0 Å². The standard InChI is InChI=1S/C15H30N4O3/c1-4-5-17-15(21)13(2)19-9-7-18(8-10-19)12-14(20)16-6-11-22-3/h13H,4-12H2,1-3H3,(H,16,20)(H,17,21). The third-order valence-electron chi connectivity index (χ3n) is 3.88. The van der Waals surface area contributed by atoms with Crippen LogP contribution in [0, 0.1) is 0 Å². The Balaban J connectivity index is 2.25. The fourth-order valence-electron chi connectivity index (χ4n) is 2.42. The van der Waals surface area contributed by atoms with Gasteiger partial charge in [-0.25, -0.2) is 0 Å². The fourth-order valence-corrected chi connectivity index (χ4v) is 2.42. The summed E-state index contributed by atoms with van der Waals surface area (Å²) in [6.45, 7) is 9.44. The molecule has 0 aromatic heterocycles. The van der Waals surface area contributed by atoms with E-state index >= 15 is 0 Å². The smallest absolute Gasteiger partial charge is 0.237 e. The quantitative estimate of drug-likeness (QED) is 0.550. The summed E-state index contributed by atoms with van der Waals surface area (Å²) < 4.78 is 4.90. The third kappa shape index (κ3) is 6.72. The molecule has 0 aromatic rings. The van der Waals surface area contributed by atoms with Crippen molar-refractivity contribution in [2.45, 2.75) is 26.3 Å². The van der Waals surface area contributed by atoms with Gasteiger partial charge in [0.1, 0.15) is 0 Å². The molecular formula is C15H30N4O3. The third-order valence-corrected chi connectivity index (χ3v) is 3.88. The van der Waals surface area contributed by atoms with Crippen molar-refractivity contribution in [1.29, 1.82) is 0 Å². The number of rotatable bonds is 9. The van der Waals surface area contributed by atoms with Crippen LogP contribution in [0.5, 0.6) is 0 Å². The number of nitrogens with one attached hydrogen (secondary N) is 2. The predicted octanol–water partition coefficient (Wildman–Crippen LogP) is -0.719. The molecule has 1 fully saturated rings. The van der Waals surface area contributed by atoms with Crippen LogP contribution in [-0.2, 0) is 14.3 Å². The highest BCUT2D eigenvalue weighted by Crippen LogP contribution is 2.06. The van der Waals surface area contributed by atoms with Crippen molar-refractivity contribution in [2.24, 2.45) is 0 Å². The van der Waals surface area contributed by atoms with Crippen molar-refractivity contribution in [1.82, 2.24) is 20.4 Å². The second-order valence-electron chi connectivity index (χ2n) is 5.62. The Morgan fingerprint density at radius 2 is 1.82 bits per heavy atom. The molecular weight excluding hydrogens is 284 g/mol. The normalized spacial score (nSPS) is 18.0. The highest BCUT2D eigenvalue weighted by atomic mass is 16.5. The van der Waals surface area contributed by atoms with Gasteiger partial charge in [-0.3, -0.25) is 19.4 Å². The van der Waals surface area contributed by atoms with Crippen molar-refractivity contribution in [3.05, 3.63) is 0 Å². The zero-order valence-electron chi connectivity index (χ0n) is 14.1. The monoisotopic (exact) mass is 314 g/mol. The first kappa shape index (κ1) is 18.9. The van der Waals surface area contributed by atoms with Gasteiger partial charge in [-0.1, -0.05) is 6.92 Å². The summed E-state index contributed by atoms with van der Waals surface area (Å²) in [5.41, 5.74) is 0. The van der Waals surface area contributed by atoms with Gasteiger partial charge in [-0.15, -0.1) is 0 Å². The van der Waals surface area contributed by atoms with Crippen LogP contribution in [0.2, 0.25) is 0 Å². The van der Waals surface area contributed by atoms with Gasteiger partial charge in [0, 0.05) is 46.4 Å². The van der Waals surface area contributed by atoms with E-state index in [2.05, 4.69) is 20.4 Å². The van der Waals surface area contributed by atoms with Crippen molar-refractivity contribution in [3.63, 3.8) is 0 Å². The van der Waals surface area contributed by atoms with Crippen LogP contribution < -0.4 is 10.6 Å². The average molecular weight is 314 g/mol. The van der Waals surface area contributed by atoms with Gasteiger partial charge in [0.2, 0.25) is 11.8 Å². The lowest BCUT2D eigenvalue weighted by molar-refractivity contribution is -0.128. The van der Waals surface area contributed by atoms with E-state index in [0.29, 0.717) is 19.7 Å². The molecule has 0 saturated carbocycles. The first-order valence-corrected chi connectivity index (χ1v) is 8.08. The minimum absolute atomic E-state index is 0.0271. The molecule has 1 aliphatic rings. The molecule has 1 atom stereocenters. The molecule has 0 radical (unpaired) electrons. The second kappa shape index (κ2) is 10.5. The maximum atomic E-state index is 12.0. The van der Waals surface area contributed by atoms with Crippen LogP contribution in [0.4, 0.5) is 0 Å². The second-order valence-corrected chi connectivity index (χ2v) is 5.62. The number of carbonyl (C=O) groups excluding carboxylic acids is 2. The highest BCUT2D eigenvalue weighted by molar-refractivity contribution is 5.81. The zero-order chi connectivity index (χ0) is 16.4. The summed E-state index contributed by atoms with van der Waals surface area (Å²) in [5.74, 6) is 0.117. The van der Waals surface area contributed by atoms with Gasteiger partial charge in [-0.2, -0.15) is 0 Å². The summed E-state index contributed by atoms with van der Waals surface area (Å²) in [4.78, 5) is 28.0. The summed E-state index contributed by atoms with van der Waals surface area (Å²) >= 11 is 0. The predicted molar refractivity (Wildman–Crippen MR) is 85.7 cm³/mol. The Kier molecular flexibility index (Phi) is 9.03. The van der Waals surface area contributed by atoms with Gasteiger partial charge in [0.15, 0.2) is 0 Å². The van der Waals surface area contributed by atoms with Crippen LogP contribution in [0.3, 0.4) is 0 Å². The lowest BCUT2D eigenvalue weighted by atomic mass is 10.2. The van der Waals surface area contributed by atoms with E-state index in [4.69, 9.17) is 4.74 Å². The Morgan fingerprint density at radius 3 is 2.41 bits per heavy atom. The molecule has 7 heteroatoms. The first-order valence-electron chi connectivity index (χ1n) is 8.08. The maximum absolute atomic E-state index is 12.0. The molecule has 22 heavy (non-hydrogen) atoms. The molecule has 2 N–H and O–H groups in total. The van der Waals surface area contributed by atoms with E-state index in [9.17, 15) is 9.59 Å². The highest BCUT2D eigenvalue weighted by Gasteiger charge is 2.25. The number of nitrogens with zero attached hydrogens (tertiary/aromatic N) is 2. The molecule has 1 unspecified atom stereocenters. The average Bonchev–Trinajstić information content (AvgIpc) is 2.53. The van der Waals surface area contributed by atoms with Gasteiger partial charge in [0.25, 0.3) is 0 Å². The van der Waals surface area contributed by atoms with E-state index in [0.717, 1.165) is 39.1 Å². The van der Waals surface area contributed by atoms with Crippen molar-refractivity contribution in [3.8, 4) is 0 Å². The Labute approximate surface area is 133 Å². The van der Waals surface area contributed by atoms with E-state index in [1.165, 1.54) is 0 Å². The molecule has 1 saturated heterocycles. The Bertz CT molecular complexity index is 344. The molecule has 7 nitrogen and oxygen atoms in total. The lowest BCUT2D eigenvalue weighted by Gasteiger charge is -2.37. The molecule has 0 aromatic carbocycles. The topological polar surface area (TPSA) is 73.9 Å². The molecule has 1 rings (SSSR count). The molecule has 0 bridgehead atoms. The minimum atomic E-state index is -0.107. The lowest BCUT2D eigenvalue weighted by Crippen LogP contribution is -2.55. The van der Waals surface area contributed by atoms with E-state index in [1.54, 1.807) is 7.11 Å². The number of methoxy groups -OCH3 is 1. The van der Waals surface area contributed by atoms with Crippen LogP contribution in [0.1, 0.15) is 20.3 Å². The van der Waals surface area contributed by atoms with Gasteiger partial charge in [0.05, 0.1) is 19.2 Å². The summed E-state index contributed by atoms with van der Waals surface area (Å²) in [6.07, 6.45) is 0.949. The molecule has 0 spiro atoms. The summed E-state index contributed by atoms with van der Waals surface area (Å²) in [7, 11) is 1.61. The maximum Gasteiger partial charge on any atom is 0.237 e. The molecule has 0 aliphatic carbocycles. The number of ether oxygens (including phenoxy) is 1. The number of amides is 2. The van der Waals surface area contributed by atoms with Crippen molar-refractivity contribution in [2.75, 3.05) is 59.5 Å². The van der Waals surface area contributed by atoms with Crippen LogP contribution in [0.25, 0.3) is 0 Å². The summed E-state index contributed by atoms with van der Waals surface area (Å²) in [6, 6.07) is -0.107. The molecule has 1 aliphatic heterocycles. The molecule has 128 valence electrons. The first-order chi connectivity index (χ1) is 10.6. The van der Waals surface area contributed by atoms with Gasteiger partial charge < -0.3 is 15.4 Å².